The summed E-state index contributed by atoms with van der Waals surface area (Å²) in [5, 5.41) is 3.36. The van der Waals surface area contributed by atoms with E-state index >= 15 is 0 Å². The van der Waals surface area contributed by atoms with Crippen molar-refractivity contribution in [3.63, 3.8) is 0 Å². The van der Waals surface area contributed by atoms with E-state index in [1.54, 1.807) is 17.2 Å². The van der Waals surface area contributed by atoms with Crippen molar-refractivity contribution in [2.24, 2.45) is 0 Å². The highest BCUT2D eigenvalue weighted by Crippen LogP contribution is 2.34. The molecule has 2 aliphatic heterocycles. The van der Waals surface area contributed by atoms with Gasteiger partial charge < -0.3 is 10.1 Å². The molecule has 4 heterocycles. The number of amides is 1. The predicted octanol–water partition coefficient (Wildman–Crippen LogP) is 3.85. The van der Waals surface area contributed by atoms with E-state index in [0.717, 1.165) is 56.0 Å². The molecule has 1 amide bonds. The normalized spacial score (nSPS) is 17.6. The quantitative estimate of drug-likeness (QED) is 0.258. The lowest BCUT2D eigenvalue weighted by Gasteiger charge is -2.26. The number of rotatable bonds is 8. The predicted molar refractivity (Wildman–Crippen MR) is 156 cm³/mol. The van der Waals surface area contributed by atoms with Gasteiger partial charge in [-0.2, -0.15) is 0 Å². The molecule has 0 saturated carbocycles. The van der Waals surface area contributed by atoms with Gasteiger partial charge in [0.2, 0.25) is 0 Å². The number of thioether (sulfide) groups is 1. The van der Waals surface area contributed by atoms with Gasteiger partial charge in [-0.3, -0.25) is 23.8 Å². The molecule has 38 heavy (non-hydrogen) atoms. The topological polar surface area (TPSA) is 79.2 Å². The largest absolute Gasteiger partial charge is 0.379 e. The fourth-order valence-corrected chi connectivity index (χ4v) is 5.74. The highest BCUT2D eigenvalue weighted by Gasteiger charge is 2.32. The maximum atomic E-state index is 13.6. The molecule has 0 bridgehead atoms. The first kappa shape index (κ1) is 26.6. The number of anilines is 1. The summed E-state index contributed by atoms with van der Waals surface area (Å²) < 4.78 is 7.44. The van der Waals surface area contributed by atoms with Gasteiger partial charge in [-0.15, -0.1) is 0 Å². The third-order valence-corrected chi connectivity index (χ3v) is 8.04. The van der Waals surface area contributed by atoms with Gasteiger partial charge in [0, 0.05) is 25.8 Å². The zero-order valence-corrected chi connectivity index (χ0v) is 23.2. The Bertz CT molecular complexity index is 1450. The van der Waals surface area contributed by atoms with E-state index in [-0.39, 0.29) is 11.5 Å². The van der Waals surface area contributed by atoms with Crippen LogP contribution in [0.2, 0.25) is 0 Å². The van der Waals surface area contributed by atoms with Gasteiger partial charge >= 0.3 is 0 Å². The van der Waals surface area contributed by atoms with Crippen LogP contribution in [0.25, 0.3) is 11.7 Å². The average Bonchev–Trinajstić information content (AvgIpc) is 3.18. The molecule has 1 aromatic carbocycles. The molecule has 5 rings (SSSR count). The van der Waals surface area contributed by atoms with Crippen LogP contribution in [0.15, 0.2) is 52.3 Å². The lowest BCUT2D eigenvalue weighted by molar-refractivity contribution is -0.122. The Morgan fingerprint density at radius 2 is 1.82 bits per heavy atom. The van der Waals surface area contributed by atoms with Gasteiger partial charge in [-0.1, -0.05) is 59.9 Å². The standard InChI is InChI=1S/C28H31N5O3S2/c1-19-4-7-21(8-5-19)18-33-27(35)23(38-28(33)37)16-22-25(29-10-3-11-31-12-14-36-15-13-31)30-24-9-6-20(2)17-32(24)26(22)34/h4-9,16-17,29H,3,10-15,18H2,1-2H3/b23-16-. The number of nitrogens with zero attached hydrogens (tertiary/aromatic N) is 4. The van der Waals surface area contributed by atoms with E-state index < -0.39 is 0 Å². The number of carbonyl (C=O) groups is 1. The first-order chi connectivity index (χ1) is 18.4. The molecule has 10 heteroatoms. The number of hydrogen-bond donors (Lipinski definition) is 1. The maximum absolute atomic E-state index is 13.6. The molecule has 8 nitrogen and oxygen atoms in total. The van der Waals surface area contributed by atoms with E-state index in [1.165, 1.54) is 16.2 Å². The number of nitrogens with one attached hydrogen (secondary N) is 1. The Balaban J connectivity index is 1.40. The van der Waals surface area contributed by atoms with Crippen LogP contribution in [0.4, 0.5) is 5.82 Å². The molecule has 0 aliphatic carbocycles. The summed E-state index contributed by atoms with van der Waals surface area (Å²) >= 11 is 6.76. The van der Waals surface area contributed by atoms with Crippen molar-refractivity contribution in [1.82, 2.24) is 19.2 Å². The molecule has 198 valence electrons. The Labute approximate surface area is 231 Å². The number of benzene rings is 1. The van der Waals surface area contributed by atoms with Crippen LogP contribution >= 0.6 is 24.0 Å². The van der Waals surface area contributed by atoms with Gasteiger partial charge in [-0.25, -0.2) is 4.98 Å². The first-order valence-electron chi connectivity index (χ1n) is 12.8. The van der Waals surface area contributed by atoms with Crippen LogP contribution in [-0.2, 0) is 16.1 Å². The Hall–Kier alpha value is -3.05. The van der Waals surface area contributed by atoms with Crippen molar-refractivity contribution < 1.29 is 9.53 Å². The van der Waals surface area contributed by atoms with Gasteiger partial charge in [0.25, 0.3) is 11.5 Å². The van der Waals surface area contributed by atoms with Gasteiger partial charge in [0.1, 0.15) is 15.8 Å². The van der Waals surface area contributed by atoms with Gasteiger partial charge in [0.05, 0.1) is 30.2 Å². The van der Waals surface area contributed by atoms with Crippen LogP contribution in [0.1, 0.15) is 28.7 Å². The molecule has 2 aromatic heterocycles. The number of hydrogen-bond acceptors (Lipinski definition) is 8. The number of ether oxygens (including phenoxy) is 1. The van der Waals surface area contributed by atoms with Gasteiger partial charge in [0.15, 0.2) is 0 Å². The molecular weight excluding hydrogens is 518 g/mol. The molecule has 1 N–H and O–H groups in total. The summed E-state index contributed by atoms with van der Waals surface area (Å²) in [5.41, 5.74) is 3.79. The lowest BCUT2D eigenvalue weighted by atomic mass is 10.1. The number of carbonyl (C=O) groups excluding carboxylic acids is 1. The molecule has 0 radical (unpaired) electrons. The van der Waals surface area contributed by atoms with Crippen LogP contribution in [0.3, 0.4) is 0 Å². The summed E-state index contributed by atoms with van der Waals surface area (Å²) in [5.74, 6) is 0.275. The summed E-state index contributed by atoms with van der Waals surface area (Å²) in [7, 11) is 0. The third kappa shape index (κ3) is 5.99. The lowest BCUT2D eigenvalue weighted by Crippen LogP contribution is -2.37. The van der Waals surface area contributed by atoms with Crippen LogP contribution in [0.5, 0.6) is 0 Å². The number of pyridine rings is 1. The SMILES string of the molecule is Cc1ccc(CN2C(=O)/C(=C/c3c(NCCCN4CCOCC4)nc4ccc(C)cn4c3=O)SC2=S)cc1. The van der Waals surface area contributed by atoms with E-state index in [1.807, 2.05) is 50.2 Å². The monoisotopic (exact) mass is 549 g/mol. The van der Waals surface area contributed by atoms with E-state index in [2.05, 4.69) is 10.2 Å². The third-order valence-electron chi connectivity index (χ3n) is 6.66. The molecule has 0 unspecified atom stereocenters. The minimum Gasteiger partial charge on any atom is -0.379 e. The van der Waals surface area contributed by atoms with Crippen molar-refractivity contribution in [3.05, 3.63) is 80.1 Å². The molecule has 2 fully saturated rings. The Morgan fingerprint density at radius 1 is 1.08 bits per heavy atom. The zero-order valence-electron chi connectivity index (χ0n) is 21.6. The minimum absolute atomic E-state index is 0.201. The van der Waals surface area contributed by atoms with Crippen LogP contribution in [-0.4, -0.2) is 68.8 Å². The summed E-state index contributed by atoms with van der Waals surface area (Å²) in [6, 6.07) is 11.8. The van der Waals surface area contributed by atoms with E-state index in [4.69, 9.17) is 21.9 Å². The van der Waals surface area contributed by atoms with Crippen molar-refractivity contribution in [3.8, 4) is 0 Å². The van der Waals surface area contributed by atoms with Gasteiger partial charge in [-0.05, 0) is 50.1 Å². The number of morpholine rings is 1. The molecule has 2 saturated heterocycles. The second kappa shape index (κ2) is 11.8. The summed E-state index contributed by atoms with van der Waals surface area (Å²) in [4.78, 5) is 36.1. The first-order valence-corrected chi connectivity index (χ1v) is 14.0. The maximum Gasteiger partial charge on any atom is 0.267 e. The van der Waals surface area contributed by atoms with Crippen molar-refractivity contribution >= 4 is 51.7 Å². The summed E-state index contributed by atoms with van der Waals surface area (Å²) in [6.07, 6.45) is 4.31. The molecular formula is C28H31N5O3S2. The minimum atomic E-state index is -0.224. The van der Waals surface area contributed by atoms with Crippen LogP contribution < -0.4 is 10.9 Å². The number of thiocarbonyl (C=S) groups is 1. The number of fused-ring (bicyclic) bond motifs is 1. The fraction of sp³-hybridized carbons (Fsp3) is 0.357. The second-order valence-corrected chi connectivity index (χ2v) is 11.3. The molecule has 0 atom stereocenters. The second-order valence-electron chi connectivity index (χ2n) is 9.60. The van der Waals surface area contributed by atoms with Crippen molar-refractivity contribution in [1.29, 1.82) is 0 Å². The number of aromatic nitrogens is 2. The molecule has 2 aliphatic rings. The van der Waals surface area contributed by atoms with E-state index in [0.29, 0.717) is 39.3 Å². The molecule has 0 spiro atoms. The fourth-order valence-electron chi connectivity index (χ4n) is 4.50. The smallest absolute Gasteiger partial charge is 0.267 e. The average molecular weight is 550 g/mol. The van der Waals surface area contributed by atoms with Crippen molar-refractivity contribution in [2.75, 3.05) is 44.7 Å². The van der Waals surface area contributed by atoms with Crippen LogP contribution in [0, 0.1) is 13.8 Å². The van der Waals surface area contributed by atoms with Crippen molar-refractivity contribution in [2.45, 2.75) is 26.8 Å². The Kier molecular flexibility index (Phi) is 8.23. The van der Waals surface area contributed by atoms with E-state index in [9.17, 15) is 9.59 Å². The number of aryl methyl sites for hydroxylation is 2. The zero-order chi connectivity index (χ0) is 26.6. The molecule has 3 aromatic rings. The summed E-state index contributed by atoms with van der Waals surface area (Å²) in [6.45, 7) is 9.34. The highest BCUT2D eigenvalue weighted by molar-refractivity contribution is 8.26. The highest BCUT2D eigenvalue weighted by atomic mass is 32.2. The Morgan fingerprint density at radius 3 is 2.58 bits per heavy atom.